The fourth-order valence-electron chi connectivity index (χ4n) is 3.04. The van der Waals surface area contributed by atoms with E-state index in [9.17, 15) is 4.79 Å². The molecule has 0 saturated heterocycles. The number of nitrogen functional groups attached to an aromatic ring is 1. The summed E-state index contributed by atoms with van der Waals surface area (Å²) in [4.78, 5) is 14.7. The minimum Gasteiger partial charge on any atom is -0.462 e. The van der Waals surface area contributed by atoms with E-state index in [4.69, 9.17) is 10.5 Å². The Morgan fingerprint density at radius 3 is 1.96 bits per heavy atom. The van der Waals surface area contributed by atoms with Gasteiger partial charge >= 0.3 is 5.97 Å². The molecule has 0 aliphatic rings. The van der Waals surface area contributed by atoms with Crippen molar-refractivity contribution in [3.63, 3.8) is 0 Å². The van der Waals surface area contributed by atoms with Crippen molar-refractivity contribution in [2.75, 3.05) is 17.2 Å². The fourth-order valence-corrected chi connectivity index (χ4v) is 3.04. The molecule has 4 heteroatoms. The number of benzene rings is 3. The average Bonchev–Trinajstić information content (AvgIpc) is 2.69. The number of hydrogen-bond donors (Lipinski definition) is 1. The van der Waals surface area contributed by atoms with Crippen molar-refractivity contribution < 1.29 is 9.53 Å². The average molecular weight is 360 g/mol. The molecular weight excluding hydrogens is 336 g/mol. The van der Waals surface area contributed by atoms with Gasteiger partial charge in [0, 0.05) is 18.8 Å². The van der Waals surface area contributed by atoms with Crippen LogP contribution in [0, 0.1) is 0 Å². The molecule has 0 heterocycles. The predicted octanol–water partition coefficient (Wildman–Crippen LogP) is 4.65. The minimum atomic E-state index is -0.356. The van der Waals surface area contributed by atoms with Gasteiger partial charge in [-0.3, -0.25) is 0 Å². The summed E-state index contributed by atoms with van der Waals surface area (Å²) in [6, 6.07) is 25.8. The lowest BCUT2D eigenvalue weighted by Crippen LogP contribution is -2.25. The van der Waals surface area contributed by atoms with E-state index in [1.807, 2.05) is 48.5 Å². The molecule has 2 N–H and O–H groups in total. The minimum absolute atomic E-state index is 0.324. The van der Waals surface area contributed by atoms with E-state index in [0.717, 1.165) is 5.69 Å². The van der Waals surface area contributed by atoms with Gasteiger partial charge in [0.25, 0.3) is 0 Å². The highest BCUT2D eigenvalue weighted by atomic mass is 16.5. The van der Waals surface area contributed by atoms with Crippen molar-refractivity contribution in [2.45, 2.75) is 20.0 Å². The first-order valence-corrected chi connectivity index (χ1v) is 9.07. The molecule has 138 valence electrons. The molecule has 0 aromatic heterocycles. The lowest BCUT2D eigenvalue weighted by Gasteiger charge is -2.27. The Bertz CT molecular complexity index is 838. The third kappa shape index (κ3) is 4.88. The second-order valence-electron chi connectivity index (χ2n) is 6.32. The lowest BCUT2D eigenvalue weighted by atomic mass is 10.1. The number of nitrogens with two attached hydrogens (primary N) is 1. The second-order valence-corrected chi connectivity index (χ2v) is 6.32. The van der Waals surface area contributed by atoms with Crippen molar-refractivity contribution in [2.24, 2.45) is 0 Å². The molecule has 0 spiro atoms. The van der Waals surface area contributed by atoms with Crippen LogP contribution in [0.5, 0.6) is 0 Å². The van der Waals surface area contributed by atoms with Crippen LogP contribution in [-0.4, -0.2) is 12.6 Å². The van der Waals surface area contributed by atoms with Gasteiger partial charge in [-0.25, -0.2) is 4.79 Å². The number of nitrogens with zero attached hydrogens (tertiary/aromatic N) is 1. The van der Waals surface area contributed by atoms with E-state index in [1.54, 1.807) is 13.0 Å². The predicted molar refractivity (Wildman–Crippen MR) is 110 cm³/mol. The number of hydrogen-bond acceptors (Lipinski definition) is 4. The molecule has 0 saturated carbocycles. The summed E-state index contributed by atoms with van der Waals surface area (Å²) < 4.78 is 5.25. The monoisotopic (exact) mass is 360 g/mol. The van der Waals surface area contributed by atoms with Gasteiger partial charge in [-0.2, -0.15) is 0 Å². The topological polar surface area (TPSA) is 55.6 Å². The van der Waals surface area contributed by atoms with E-state index in [1.165, 1.54) is 11.1 Å². The summed E-state index contributed by atoms with van der Waals surface area (Å²) in [6.07, 6.45) is 0. The van der Waals surface area contributed by atoms with Gasteiger partial charge in [0.15, 0.2) is 0 Å². The van der Waals surface area contributed by atoms with Crippen LogP contribution in [0.25, 0.3) is 0 Å². The van der Waals surface area contributed by atoms with Gasteiger partial charge in [-0.15, -0.1) is 0 Å². The van der Waals surface area contributed by atoms with E-state index in [-0.39, 0.29) is 5.97 Å². The molecule has 3 rings (SSSR count). The van der Waals surface area contributed by atoms with Crippen molar-refractivity contribution in [1.29, 1.82) is 0 Å². The highest BCUT2D eigenvalue weighted by Gasteiger charge is 2.19. The van der Waals surface area contributed by atoms with Gasteiger partial charge in [0.1, 0.15) is 0 Å². The Labute approximate surface area is 160 Å². The van der Waals surface area contributed by atoms with Crippen LogP contribution in [0.1, 0.15) is 28.4 Å². The first-order chi connectivity index (χ1) is 13.2. The zero-order valence-corrected chi connectivity index (χ0v) is 15.5. The van der Waals surface area contributed by atoms with Crippen molar-refractivity contribution >= 4 is 17.3 Å². The quantitative estimate of drug-likeness (QED) is 0.492. The van der Waals surface area contributed by atoms with Gasteiger partial charge in [-0.1, -0.05) is 60.7 Å². The summed E-state index contributed by atoms with van der Waals surface area (Å²) in [5, 5.41) is 0. The Kier molecular flexibility index (Phi) is 6.10. The molecule has 4 nitrogen and oxygen atoms in total. The van der Waals surface area contributed by atoms with Crippen LogP contribution in [0.15, 0.2) is 78.9 Å². The molecule has 0 amide bonds. The maximum Gasteiger partial charge on any atom is 0.340 e. The third-order valence-corrected chi connectivity index (χ3v) is 4.29. The van der Waals surface area contributed by atoms with E-state index >= 15 is 0 Å². The Morgan fingerprint density at radius 2 is 1.44 bits per heavy atom. The van der Waals surface area contributed by atoms with Crippen molar-refractivity contribution in [3.05, 3.63) is 95.6 Å². The van der Waals surface area contributed by atoms with Crippen LogP contribution >= 0.6 is 0 Å². The number of rotatable bonds is 7. The molecular formula is C23H24N2O2. The molecule has 0 aliphatic heterocycles. The van der Waals surface area contributed by atoms with Gasteiger partial charge < -0.3 is 15.4 Å². The normalized spacial score (nSPS) is 10.4. The fraction of sp³-hybridized carbons (Fsp3) is 0.174. The molecule has 0 fully saturated rings. The Morgan fingerprint density at radius 1 is 0.889 bits per heavy atom. The summed E-state index contributed by atoms with van der Waals surface area (Å²) in [7, 11) is 0. The number of esters is 1. The van der Waals surface area contributed by atoms with Gasteiger partial charge in [0.05, 0.1) is 17.9 Å². The Balaban J connectivity index is 2.00. The molecule has 0 aliphatic carbocycles. The first-order valence-electron chi connectivity index (χ1n) is 9.07. The van der Waals surface area contributed by atoms with Crippen LogP contribution in [0.4, 0.5) is 11.4 Å². The zero-order valence-electron chi connectivity index (χ0n) is 15.5. The Hall–Kier alpha value is -3.27. The number of carbonyl (C=O) groups excluding carboxylic acids is 1. The van der Waals surface area contributed by atoms with Gasteiger partial charge in [0.2, 0.25) is 0 Å². The number of anilines is 2. The number of ether oxygens (including phenoxy) is 1. The second kappa shape index (κ2) is 8.90. The highest BCUT2D eigenvalue weighted by Crippen LogP contribution is 2.27. The summed E-state index contributed by atoms with van der Waals surface area (Å²) >= 11 is 0. The summed E-state index contributed by atoms with van der Waals surface area (Å²) in [6.45, 7) is 3.47. The molecule has 0 bridgehead atoms. The number of carbonyl (C=O) groups is 1. The molecule has 27 heavy (non-hydrogen) atoms. The van der Waals surface area contributed by atoms with E-state index in [2.05, 4.69) is 29.2 Å². The molecule has 0 radical (unpaired) electrons. The molecule has 3 aromatic rings. The molecule has 0 atom stereocenters. The lowest BCUT2D eigenvalue weighted by molar-refractivity contribution is 0.0527. The standard InChI is InChI=1S/C23H24N2O2/c1-2-27-23(26)21-15-20(24)13-14-22(21)25(16-18-9-5-3-6-10-18)17-19-11-7-4-8-12-19/h3-15H,2,16-17,24H2,1H3. The van der Waals surface area contributed by atoms with Crippen LogP contribution in [-0.2, 0) is 17.8 Å². The highest BCUT2D eigenvalue weighted by molar-refractivity contribution is 5.97. The summed E-state index contributed by atoms with van der Waals surface area (Å²) in [5.74, 6) is -0.356. The largest absolute Gasteiger partial charge is 0.462 e. The van der Waals surface area contributed by atoms with Crippen molar-refractivity contribution in [3.8, 4) is 0 Å². The maximum atomic E-state index is 12.5. The molecule has 0 unspecified atom stereocenters. The van der Waals surface area contributed by atoms with Crippen LogP contribution < -0.4 is 10.6 Å². The first kappa shape index (κ1) is 18.5. The third-order valence-electron chi connectivity index (χ3n) is 4.29. The zero-order chi connectivity index (χ0) is 19.1. The maximum absolute atomic E-state index is 12.5. The van der Waals surface area contributed by atoms with E-state index in [0.29, 0.717) is 30.9 Å². The summed E-state index contributed by atoms with van der Waals surface area (Å²) in [5.41, 5.74) is 10.1. The smallest absolute Gasteiger partial charge is 0.340 e. The van der Waals surface area contributed by atoms with E-state index < -0.39 is 0 Å². The van der Waals surface area contributed by atoms with Crippen LogP contribution in [0.3, 0.4) is 0 Å². The SMILES string of the molecule is CCOC(=O)c1cc(N)ccc1N(Cc1ccccc1)Cc1ccccc1. The van der Waals surface area contributed by atoms with Crippen LogP contribution in [0.2, 0.25) is 0 Å². The van der Waals surface area contributed by atoms with Crippen molar-refractivity contribution in [1.82, 2.24) is 0 Å². The molecule has 3 aromatic carbocycles. The van der Waals surface area contributed by atoms with Gasteiger partial charge in [-0.05, 0) is 36.2 Å².